The lowest BCUT2D eigenvalue weighted by Crippen LogP contribution is -2.08. The highest BCUT2D eigenvalue weighted by atomic mass is 35.5. The van der Waals surface area contributed by atoms with Crippen LogP contribution in [0.2, 0.25) is 10.0 Å². The first-order valence-electron chi connectivity index (χ1n) is 8.03. The number of nitro benzene ring substituents is 1. The molecule has 0 fully saturated rings. The number of hydrogen-bond donors (Lipinski definition) is 2. The molecule has 0 bridgehead atoms. The molecule has 3 aromatic rings. The molecule has 3 rings (SSSR count). The van der Waals surface area contributed by atoms with E-state index in [4.69, 9.17) is 23.2 Å². The molecule has 3 aromatic carbocycles. The molecule has 0 saturated carbocycles. The number of nitrogens with zero attached hydrogens (tertiary/aromatic N) is 1. The van der Waals surface area contributed by atoms with Crippen molar-refractivity contribution < 1.29 is 24.7 Å². The lowest BCUT2D eigenvalue weighted by Gasteiger charge is -2.08. The molecule has 0 aliphatic rings. The first kappa shape index (κ1) is 20.3. The Morgan fingerprint density at radius 3 is 1.55 bits per heavy atom. The standard InChI is InChI=1S/C20H11Cl2NO6/c21-12-1-3-17(24)15(8-12)19(26)10-5-11(7-14(6-10)23(28)29)20(27)16-9-13(22)2-4-18(16)25/h1-9,24-25H. The van der Waals surface area contributed by atoms with Crippen molar-refractivity contribution >= 4 is 40.5 Å². The summed E-state index contributed by atoms with van der Waals surface area (Å²) < 4.78 is 0. The van der Waals surface area contributed by atoms with Crippen LogP contribution in [0, 0.1) is 10.1 Å². The molecule has 0 aliphatic carbocycles. The lowest BCUT2D eigenvalue weighted by molar-refractivity contribution is -0.384. The lowest BCUT2D eigenvalue weighted by atomic mass is 9.96. The molecule has 29 heavy (non-hydrogen) atoms. The van der Waals surface area contributed by atoms with Crippen molar-refractivity contribution in [3.05, 3.63) is 97.0 Å². The molecule has 7 nitrogen and oxygen atoms in total. The summed E-state index contributed by atoms with van der Waals surface area (Å²) in [5.41, 5.74) is -1.28. The Bertz CT molecular complexity index is 1090. The third-order valence-corrected chi connectivity index (χ3v) is 4.53. The van der Waals surface area contributed by atoms with Gasteiger partial charge in [-0.3, -0.25) is 19.7 Å². The zero-order chi connectivity index (χ0) is 21.3. The Labute approximate surface area is 173 Å². The molecular weight excluding hydrogens is 421 g/mol. The number of halogens is 2. The minimum atomic E-state index is -0.766. The highest BCUT2D eigenvalue weighted by Crippen LogP contribution is 2.29. The molecule has 0 atom stereocenters. The molecule has 0 unspecified atom stereocenters. The SMILES string of the molecule is O=C(c1cc(C(=O)c2cc(Cl)ccc2O)cc([N+](=O)[O-])c1)c1cc(Cl)ccc1O. The Morgan fingerprint density at radius 2 is 1.17 bits per heavy atom. The average Bonchev–Trinajstić information content (AvgIpc) is 2.70. The van der Waals surface area contributed by atoms with Crippen LogP contribution in [0.15, 0.2) is 54.6 Å². The largest absolute Gasteiger partial charge is 0.507 e. The summed E-state index contributed by atoms with van der Waals surface area (Å²) >= 11 is 11.7. The summed E-state index contributed by atoms with van der Waals surface area (Å²) in [5, 5.41) is 31.5. The summed E-state index contributed by atoms with van der Waals surface area (Å²) in [6, 6.07) is 10.7. The van der Waals surface area contributed by atoms with Crippen molar-refractivity contribution in [3.8, 4) is 11.5 Å². The highest BCUT2D eigenvalue weighted by Gasteiger charge is 2.23. The maximum Gasteiger partial charge on any atom is 0.270 e. The Hall–Kier alpha value is -3.42. The number of non-ortho nitro benzene ring substituents is 1. The fourth-order valence-corrected chi connectivity index (χ4v) is 3.01. The number of phenolic OH excluding ortho intramolecular Hbond substituents is 2. The quantitative estimate of drug-likeness (QED) is 0.341. The van der Waals surface area contributed by atoms with Gasteiger partial charge < -0.3 is 10.2 Å². The van der Waals surface area contributed by atoms with Crippen LogP contribution < -0.4 is 0 Å². The van der Waals surface area contributed by atoms with E-state index in [0.717, 1.165) is 18.2 Å². The van der Waals surface area contributed by atoms with Crippen LogP contribution in [-0.2, 0) is 0 Å². The van der Waals surface area contributed by atoms with E-state index in [0.29, 0.717) is 0 Å². The van der Waals surface area contributed by atoms with Gasteiger partial charge in [0.2, 0.25) is 0 Å². The summed E-state index contributed by atoms with van der Waals surface area (Å²) in [7, 11) is 0. The topological polar surface area (TPSA) is 118 Å². The van der Waals surface area contributed by atoms with Crippen molar-refractivity contribution in [2.24, 2.45) is 0 Å². The van der Waals surface area contributed by atoms with Crippen molar-refractivity contribution in [2.45, 2.75) is 0 Å². The van der Waals surface area contributed by atoms with E-state index in [2.05, 4.69) is 0 Å². The number of hydrogen-bond acceptors (Lipinski definition) is 6. The van der Waals surface area contributed by atoms with Gasteiger partial charge >= 0.3 is 0 Å². The second kappa shape index (κ2) is 7.90. The van der Waals surface area contributed by atoms with Crippen LogP contribution in [0.3, 0.4) is 0 Å². The Balaban J connectivity index is 2.15. The highest BCUT2D eigenvalue weighted by molar-refractivity contribution is 6.31. The smallest absolute Gasteiger partial charge is 0.270 e. The average molecular weight is 432 g/mol. The van der Waals surface area contributed by atoms with Gasteiger partial charge in [-0.2, -0.15) is 0 Å². The van der Waals surface area contributed by atoms with Gasteiger partial charge in [-0.15, -0.1) is 0 Å². The van der Waals surface area contributed by atoms with Crippen molar-refractivity contribution in [1.82, 2.24) is 0 Å². The predicted molar refractivity (Wildman–Crippen MR) is 106 cm³/mol. The fraction of sp³-hybridized carbons (Fsp3) is 0. The minimum Gasteiger partial charge on any atom is -0.507 e. The monoisotopic (exact) mass is 431 g/mol. The van der Waals surface area contributed by atoms with Gasteiger partial charge in [0.05, 0.1) is 16.1 Å². The van der Waals surface area contributed by atoms with Crippen LogP contribution in [0.1, 0.15) is 31.8 Å². The number of phenols is 2. The molecule has 0 saturated heterocycles. The van der Waals surface area contributed by atoms with Gasteiger partial charge in [0, 0.05) is 33.3 Å². The van der Waals surface area contributed by atoms with E-state index < -0.39 is 22.2 Å². The number of benzene rings is 3. The van der Waals surface area contributed by atoms with Crippen LogP contribution in [0.4, 0.5) is 5.69 Å². The number of carbonyl (C=O) groups excluding carboxylic acids is 2. The van der Waals surface area contributed by atoms with Crippen molar-refractivity contribution in [3.63, 3.8) is 0 Å². The second-order valence-electron chi connectivity index (χ2n) is 6.01. The minimum absolute atomic E-state index is 0.178. The van der Waals surface area contributed by atoms with Gasteiger partial charge in [-0.05, 0) is 42.5 Å². The van der Waals surface area contributed by atoms with E-state index in [9.17, 15) is 29.9 Å². The zero-order valence-corrected chi connectivity index (χ0v) is 15.9. The van der Waals surface area contributed by atoms with Crippen LogP contribution >= 0.6 is 23.2 Å². The molecule has 146 valence electrons. The van der Waals surface area contributed by atoms with Gasteiger partial charge in [0.15, 0.2) is 11.6 Å². The zero-order valence-electron chi connectivity index (χ0n) is 14.4. The molecule has 0 aromatic heterocycles. The number of aromatic hydroxyl groups is 2. The Morgan fingerprint density at radius 1 is 0.759 bits per heavy atom. The van der Waals surface area contributed by atoms with Gasteiger partial charge in [-0.25, -0.2) is 0 Å². The van der Waals surface area contributed by atoms with E-state index in [1.165, 1.54) is 36.4 Å². The Kier molecular flexibility index (Phi) is 5.54. The molecule has 9 heteroatoms. The second-order valence-corrected chi connectivity index (χ2v) is 6.88. The van der Waals surface area contributed by atoms with Gasteiger partial charge in [0.25, 0.3) is 5.69 Å². The number of ketones is 2. The van der Waals surface area contributed by atoms with Crippen LogP contribution in [0.5, 0.6) is 11.5 Å². The molecule has 0 aliphatic heterocycles. The van der Waals surface area contributed by atoms with Crippen molar-refractivity contribution in [1.29, 1.82) is 0 Å². The predicted octanol–water partition coefficient (Wildman–Crippen LogP) is 4.77. The summed E-state index contributed by atoms with van der Waals surface area (Å²) in [5.74, 6) is -2.27. The molecular formula is C20H11Cl2NO6. The normalized spacial score (nSPS) is 10.6. The molecule has 2 N–H and O–H groups in total. The summed E-state index contributed by atoms with van der Waals surface area (Å²) in [6.07, 6.45) is 0. The van der Waals surface area contributed by atoms with Gasteiger partial charge in [0.1, 0.15) is 11.5 Å². The van der Waals surface area contributed by atoms with E-state index in [1.54, 1.807) is 0 Å². The number of nitro groups is 1. The first-order valence-corrected chi connectivity index (χ1v) is 8.79. The maximum atomic E-state index is 12.8. The molecule has 0 radical (unpaired) electrons. The van der Waals surface area contributed by atoms with Gasteiger partial charge in [-0.1, -0.05) is 23.2 Å². The van der Waals surface area contributed by atoms with Crippen LogP contribution in [-0.4, -0.2) is 26.7 Å². The van der Waals surface area contributed by atoms with E-state index in [1.807, 2.05) is 0 Å². The number of carbonyl (C=O) groups is 2. The summed E-state index contributed by atoms with van der Waals surface area (Å²) in [4.78, 5) is 36.2. The molecule has 0 amide bonds. The maximum absolute atomic E-state index is 12.8. The summed E-state index contributed by atoms with van der Waals surface area (Å²) in [6.45, 7) is 0. The van der Waals surface area contributed by atoms with Crippen molar-refractivity contribution in [2.75, 3.05) is 0 Å². The fourth-order valence-electron chi connectivity index (χ4n) is 2.67. The molecule has 0 spiro atoms. The van der Waals surface area contributed by atoms with E-state index in [-0.39, 0.29) is 43.8 Å². The third kappa shape index (κ3) is 4.21. The molecule has 0 heterocycles. The van der Waals surface area contributed by atoms with E-state index >= 15 is 0 Å². The third-order valence-electron chi connectivity index (χ3n) is 4.06. The van der Waals surface area contributed by atoms with Crippen LogP contribution in [0.25, 0.3) is 0 Å². The first-order chi connectivity index (χ1) is 13.7. The number of rotatable bonds is 5.